The third kappa shape index (κ3) is 2.84. The second-order valence-corrected chi connectivity index (χ2v) is 3.02. The van der Waals surface area contributed by atoms with Crippen molar-refractivity contribution in [3.63, 3.8) is 0 Å². The number of hydrogen-bond donors (Lipinski definition) is 0. The number of aryl methyl sites for hydroxylation is 1. The van der Waals surface area contributed by atoms with Crippen LogP contribution in [0.2, 0.25) is 0 Å². The lowest BCUT2D eigenvalue weighted by atomic mass is 10.2. The first-order valence-electron chi connectivity index (χ1n) is 4.95. The fourth-order valence-corrected chi connectivity index (χ4v) is 1.20. The van der Waals surface area contributed by atoms with E-state index >= 15 is 0 Å². The Morgan fingerprint density at radius 3 is 2.69 bits per heavy atom. The van der Waals surface area contributed by atoms with Gasteiger partial charge in [0.1, 0.15) is 0 Å². The molecule has 1 unspecified atom stereocenters. The van der Waals surface area contributed by atoms with Gasteiger partial charge >= 0.3 is 0 Å². The van der Waals surface area contributed by atoms with Crippen molar-refractivity contribution in [3.8, 4) is 0 Å². The topological polar surface area (TPSA) is 27.1 Å². The standard InChI is InChI=1S/C8H12N2O.C2H6/c1-7-4-9-10(5-7)6-8-2-3-11-8;1-2/h4-5,8H,2-3,6H2,1H3;1-2H3. The zero-order valence-electron chi connectivity index (χ0n) is 8.66. The van der Waals surface area contributed by atoms with Crippen LogP contribution in [0.5, 0.6) is 0 Å². The SMILES string of the molecule is CC.Cc1cnn(CC2CCO2)c1. The fourth-order valence-electron chi connectivity index (χ4n) is 1.20. The van der Waals surface area contributed by atoms with Crippen molar-refractivity contribution < 1.29 is 4.74 Å². The normalized spacial score (nSPS) is 20.1. The summed E-state index contributed by atoms with van der Waals surface area (Å²) in [6.45, 7) is 7.88. The Labute approximate surface area is 79.7 Å². The highest BCUT2D eigenvalue weighted by molar-refractivity contribution is 4.99. The van der Waals surface area contributed by atoms with Crippen LogP contribution in [0.3, 0.4) is 0 Å². The summed E-state index contributed by atoms with van der Waals surface area (Å²) >= 11 is 0. The van der Waals surface area contributed by atoms with Gasteiger partial charge in [-0.05, 0) is 18.9 Å². The van der Waals surface area contributed by atoms with E-state index in [4.69, 9.17) is 4.74 Å². The Morgan fingerprint density at radius 1 is 1.62 bits per heavy atom. The number of ether oxygens (including phenoxy) is 1. The Kier molecular flexibility index (Phi) is 3.96. The molecule has 1 saturated heterocycles. The molecular formula is C10H18N2O. The molecule has 1 atom stereocenters. The molecule has 1 aliphatic rings. The maximum Gasteiger partial charge on any atom is 0.0792 e. The highest BCUT2D eigenvalue weighted by atomic mass is 16.5. The molecule has 0 aliphatic carbocycles. The van der Waals surface area contributed by atoms with Crippen LogP contribution in [0.25, 0.3) is 0 Å². The first kappa shape index (κ1) is 10.3. The lowest BCUT2D eigenvalue weighted by molar-refractivity contribution is -0.0609. The molecule has 1 aromatic heterocycles. The van der Waals surface area contributed by atoms with Crippen LogP contribution in [0.1, 0.15) is 25.8 Å². The molecule has 3 heteroatoms. The van der Waals surface area contributed by atoms with E-state index < -0.39 is 0 Å². The van der Waals surface area contributed by atoms with Gasteiger partial charge in [-0.15, -0.1) is 0 Å². The van der Waals surface area contributed by atoms with Crippen LogP contribution in [0.15, 0.2) is 12.4 Å². The third-order valence-corrected chi connectivity index (χ3v) is 1.95. The van der Waals surface area contributed by atoms with E-state index in [1.807, 2.05) is 37.8 Å². The predicted molar refractivity (Wildman–Crippen MR) is 52.7 cm³/mol. The molecule has 0 radical (unpaired) electrons. The molecule has 0 saturated carbocycles. The van der Waals surface area contributed by atoms with Crippen LogP contribution in [-0.4, -0.2) is 22.5 Å². The van der Waals surface area contributed by atoms with Gasteiger partial charge in [0.2, 0.25) is 0 Å². The second-order valence-electron chi connectivity index (χ2n) is 3.02. The highest BCUT2D eigenvalue weighted by Crippen LogP contribution is 2.12. The Balaban J connectivity index is 0.000000396. The average Bonchev–Trinajstić information content (AvgIpc) is 2.48. The van der Waals surface area contributed by atoms with Crippen LogP contribution >= 0.6 is 0 Å². The van der Waals surface area contributed by atoms with Gasteiger partial charge in [-0.3, -0.25) is 4.68 Å². The molecular weight excluding hydrogens is 164 g/mol. The molecule has 2 heterocycles. The van der Waals surface area contributed by atoms with Gasteiger partial charge in [-0.1, -0.05) is 13.8 Å². The van der Waals surface area contributed by atoms with Crippen LogP contribution in [0.4, 0.5) is 0 Å². The maximum absolute atomic E-state index is 5.28. The first-order valence-corrected chi connectivity index (χ1v) is 4.95. The average molecular weight is 182 g/mol. The molecule has 2 rings (SSSR count). The lowest BCUT2D eigenvalue weighted by Crippen LogP contribution is -2.31. The van der Waals surface area contributed by atoms with Gasteiger partial charge < -0.3 is 4.74 Å². The Hall–Kier alpha value is -0.830. The molecule has 0 amide bonds. The summed E-state index contributed by atoms with van der Waals surface area (Å²) in [4.78, 5) is 0. The summed E-state index contributed by atoms with van der Waals surface area (Å²) in [7, 11) is 0. The minimum absolute atomic E-state index is 0.411. The van der Waals surface area contributed by atoms with Crippen molar-refractivity contribution in [1.82, 2.24) is 9.78 Å². The van der Waals surface area contributed by atoms with Crippen molar-refractivity contribution in [3.05, 3.63) is 18.0 Å². The Bertz CT molecular complexity index is 241. The smallest absolute Gasteiger partial charge is 0.0792 e. The quantitative estimate of drug-likeness (QED) is 0.699. The van der Waals surface area contributed by atoms with Gasteiger partial charge in [0.15, 0.2) is 0 Å². The third-order valence-electron chi connectivity index (χ3n) is 1.95. The summed E-state index contributed by atoms with van der Waals surface area (Å²) in [6, 6.07) is 0. The summed E-state index contributed by atoms with van der Waals surface area (Å²) in [5, 5.41) is 4.17. The monoisotopic (exact) mass is 182 g/mol. The molecule has 74 valence electrons. The van der Waals surface area contributed by atoms with E-state index in [-0.39, 0.29) is 0 Å². The summed E-state index contributed by atoms with van der Waals surface area (Å²) in [5.74, 6) is 0. The largest absolute Gasteiger partial charge is 0.376 e. The van der Waals surface area contributed by atoms with Crippen molar-refractivity contribution >= 4 is 0 Å². The van der Waals surface area contributed by atoms with E-state index in [1.54, 1.807) is 0 Å². The number of hydrogen-bond acceptors (Lipinski definition) is 2. The Morgan fingerprint density at radius 2 is 2.31 bits per heavy atom. The van der Waals surface area contributed by atoms with Crippen molar-refractivity contribution in [2.45, 2.75) is 39.8 Å². The molecule has 0 bridgehead atoms. The number of aromatic nitrogens is 2. The van der Waals surface area contributed by atoms with Gasteiger partial charge in [-0.25, -0.2) is 0 Å². The molecule has 1 fully saturated rings. The molecule has 1 aliphatic heterocycles. The van der Waals surface area contributed by atoms with Crippen LogP contribution in [-0.2, 0) is 11.3 Å². The lowest BCUT2D eigenvalue weighted by Gasteiger charge is -2.25. The molecule has 0 aromatic carbocycles. The molecule has 0 N–H and O–H groups in total. The molecule has 1 aromatic rings. The van der Waals surface area contributed by atoms with Crippen LogP contribution < -0.4 is 0 Å². The van der Waals surface area contributed by atoms with Gasteiger partial charge in [0.25, 0.3) is 0 Å². The van der Waals surface area contributed by atoms with E-state index in [0.29, 0.717) is 6.10 Å². The van der Waals surface area contributed by atoms with Crippen molar-refractivity contribution in [2.75, 3.05) is 6.61 Å². The van der Waals surface area contributed by atoms with Gasteiger partial charge in [-0.2, -0.15) is 5.10 Å². The highest BCUT2D eigenvalue weighted by Gasteiger charge is 2.18. The van der Waals surface area contributed by atoms with Crippen molar-refractivity contribution in [1.29, 1.82) is 0 Å². The summed E-state index contributed by atoms with van der Waals surface area (Å²) in [6.07, 6.45) is 5.51. The van der Waals surface area contributed by atoms with Gasteiger partial charge in [0.05, 0.1) is 18.8 Å². The summed E-state index contributed by atoms with van der Waals surface area (Å²) in [5.41, 5.74) is 1.21. The molecule has 3 nitrogen and oxygen atoms in total. The first-order chi connectivity index (χ1) is 6.34. The number of rotatable bonds is 2. The predicted octanol–water partition coefficient (Wildman–Crippen LogP) is 2.01. The van der Waals surface area contributed by atoms with Gasteiger partial charge in [0, 0.05) is 12.8 Å². The van der Waals surface area contributed by atoms with E-state index in [9.17, 15) is 0 Å². The fraction of sp³-hybridized carbons (Fsp3) is 0.700. The number of nitrogens with zero attached hydrogens (tertiary/aromatic N) is 2. The zero-order valence-corrected chi connectivity index (χ0v) is 8.66. The second kappa shape index (κ2) is 5.02. The zero-order chi connectivity index (χ0) is 9.68. The van der Waals surface area contributed by atoms with E-state index in [2.05, 4.69) is 5.10 Å². The van der Waals surface area contributed by atoms with E-state index in [0.717, 1.165) is 13.2 Å². The summed E-state index contributed by atoms with van der Waals surface area (Å²) < 4.78 is 7.23. The maximum atomic E-state index is 5.28. The van der Waals surface area contributed by atoms with E-state index in [1.165, 1.54) is 12.0 Å². The minimum Gasteiger partial charge on any atom is -0.376 e. The minimum atomic E-state index is 0.411. The van der Waals surface area contributed by atoms with Crippen molar-refractivity contribution in [2.24, 2.45) is 0 Å². The molecule has 0 spiro atoms. The van der Waals surface area contributed by atoms with Crippen LogP contribution in [0, 0.1) is 6.92 Å². The molecule has 13 heavy (non-hydrogen) atoms.